The maximum absolute atomic E-state index is 11.7. The normalized spacial score (nSPS) is 12.6. The minimum atomic E-state index is -0.631. The highest BCUT2D eigenvalue weighted by atomic mass is 16.6. The molecule has 0 fully saturated rings. The Bertz CT molecular complexity index is 561. The van der Waals surface area contributed by atoms with Gasteiger partial charge in [-0.3, -0.25) is 4.79 Å². The number of carbonyl (C=O) groups excluding carboxylic acids is 2. The molecular formula is C20H29NO4. The lowest BCUT2D eigenvalue weighted by molar-refractivity contribution is -0.145. The van der Waals surface area contributed by atoms with Crippen LogP contribution >= 0.6 is 0 Å². The average Bonchev–Trinajstić information content (AvgIpc) is 2.52. The quantitative estimate of drug-likeness (QED) is 0.438. The summed E-state index contributed by atoms with van der Waals surface area (Å²) in [5, 5.41) is 2.38. The van der Waals surface area contributed by atoms with Gasteiger partial charge in [0, 0.05) is 0 Å². The molecule has 0 saturated heterocycles. The summed E-state index contributed by atoms with van der Waals surface area (Å²) >= 11 is 0. The Balaban J connectivity index is 2.16. The first kappa shape index (κ1) is 20.7. The fourth-order valence-corrected chi connectivity index (χ4v) is 2.10. The van der Waals surface area contributed by atoms with E-state index in [1.807, 2.05) is 30.4 Å². The van der Waals surface area contributed by atoms with E-state index < -0.39 is 17.7 Å². The molecule has 0 bridgehead atoms. The molecule has 1 amide bonds. The van der Waals surface area contributed by atoms with Gasteiger partial charge in [-0.1, -0.05) is 36.4 Å². The number of benzene rings is 1. The predicted octanol–water partition coefficient (Wildman–Crippen LogP) is 4.02. The van der Waals surface area contributed by atoms with Crippen molar-refractivity contribution < 1.29 is 19.1 Å². The SMILES string of the molecule is C[C@H](/C=C/CCCc1ccccc1)OC(=O)CNC(=O)OC(C)(C)C. The Kier molecular flexibility index (Phi) is 8.75. The predicted molar refractivity (Wildman–Crippen MR) is 98.3 cm³/mol. The van der Waals surface area contributed by atoms with E-state index in [9.17, 15) is 9.59 Å². The summed E-state index contributed by atoms with van der Waals surface area (Å²) < 4.78 is 10.2. The maximum atomic E-state index is 11.7. The fourth-order valence-electron chi connectivity index (χ4n) is 2.10. The Labute approximate surface area is 150 Å². The van der Waals surface area contributed by atoms with Gasteiger partial charge in [0.15, 0.2) is 0 Å². The van der Waals surface area contributed by atoms with Crippen LogP contribution in [0.4, 0.5) is 4.79 Å². The number of esters is 1. The molecule has 1 atom stereocenters. The molecule has 1 N–H and O–H groups in total. The van der Waals surface area contributed by atoms with Crippen molar-refractivity contribution in [2.24, 2.45) is 0 Å². The first-order valence-electron chi connectivity index (χ1n) is 8.63. The van der Waals surface area contributed by atoms with Crippen molar-refractivity contribution in [2.45, 2.75) is 58.7 Å². The van der Waals surface area contributed by atoms with Crippen molar-refractivity contribution in [3.63, 3.8) is 0 Å². The number of hydrogen-bond donors (Lipinski definition) is 1. The van der Waals surface area contributed by atoms with E-state index in [0.717, 1.165) is 19.3 Å². The zero-order valence-electron chi connectivity index (χ0n) is 15.6. The van der Waals surface area contributed by atoms with Gasteiger partial charge >= 0.3 is 12.1 Å². The molecule has 0 aliphatic heterocycles. The monoisotopic (exact) mass is 347 g/mol. The molecule has 0 saturated carbocycles. The van der Waals surface area contributed by atoms with Crippen LogP contribution in [-0.4, -0.2) is 30.3 Å². The van der Waals surface area contributed by atoms with Crippen LogP contribution in [0.25, 0.3) is 0 Å². The van der Waals surface area contributed by atoms with Crippen LogP contribution in [0.5, 0.6) is 0 Å². The van der Waals surface area contributed by atoms with Crippen LogP contribution in [0.2, 0.25) is 0 Å². The summed E-state index contributed by atoms with van der Waals surface area (Å²) in [5.74, 6) is -0.493. The zero-order valence-corrected chi connectivity index (χ0v) is 15.6. The number of alkyl carbamates (subject to hydrolysis) is 1. The van der Waals surface area contributed by atoms with Gasteiger partial charge in [0.05, 0.1) is 0 Å². The molecule has 0 unspecified atom stereocenters. The van der Waals surface area contributed by atoms with E-state index in [4.69, 9.17) is 9.47 Å². The third-order valence-corrected chi connectivity index (χ3v) is 3.18. The van der Waals surface area contributed by atoms with E-state index >= 15 is 0 Å². The van der Waals surface area contributed by atoms with Crippen molar-refractivity contribution in [3.8, 4) is 0 Å². The Morgan fingerprint density at radius 1 is 1.20 bits per heavy atom. The second-order valence-corrected chi connectivity index (χ2v) is 6.86. The zero-order chi connectivity index (χ0) is 18.7. The molecule has 5 nitrogen and oxygen atoms in total. The molecule has 5 heteroatoms. The van der Waals surface area contributed by atoms with Crippen LogP contribution < -0.4 is 5.32 Å². The van der Waals surface area contributed by atoms with E-state index in [1.165, 1.54) is 5.56 Å². The van der Waals surface area contributed by atoms with E-state index in [1.54, 1.807) is 27.7 Å². The summed E-state index contributed by atoms with van der Waals surface area (Å²) in [6, 6.07) is 10.3. The Hall–Kier alpha value is -2.30. The number of ether oxygens (including phenoxy) is 2. The lowest BCUT2D eigenvalue weighted by Gasteiger charge is -2.19. The third-order valence-electron chi connectivity index (χ3n) is 3.18. The molecule has 0 heterocycles. The lowest BCUT2D eigenvalue weighted by Crippen LogP contribution is -2.36. The largest absolute Gasteiger partial charge is 0.457 e. The fraction of sp³-hybridized carbons (Fsp3) is 0.500. The summed E-state index contributed by atoms with van der Waals surface area (Å²) in [6.07, 6.45) is 5.91. The first-order valence-corrected chi connectivity index (χ1v) is 8.63. The van der Waals surface area contributed by atoms with E-state index in [-0.39, 0.29) is 12.6 Å². The number of aryl methyl sites for hydroxylation is 1. The van der Waals surface area contributed by atoms with Crippen molar-refractivity contribution in [2.75, 3.05) is 6.54 Å². The average molecular weight is 347 g/mol. The van der Waals surface area contributed by atoms with Gasteiger partial charge in [-0.2, -0.15) is 0 Å². The highest BCUT2D eigenvalue weighted by Crippen LogP contribution is 2.07. The second-order valence-electron chi connectivity index (χ2n) is 6.86. The van der Waals surface area contributed by atoms with Gasteiger partial charge < -0.3 is 14.8 Å². The van der Waals surface area contributed by atoms with Crippen molar-refractivity contribution in [1.29, 1.82) is 0 Å². The highest BCUT2D eigenvalue weighted by Gasteiger charge is 2.17. The smallest absolute Gasteiger partial charge is 0.408 e. The van der Waals surface area contributed by atoms with Crippen molar-refractivity contribution in [1.82, 2.24) is 5.32 Å². The number of allylic oxidation sites excluding steroid dienone is 1. The lowest BCUT2D eigenvalue weighted by atomic mass is 10.1. The summed E-state index contributed by atoms with van der Waals surface area (Å²) in [6.45, 7) is 6.86. The van der Waals surface area contributed by atoms with E-state index in [0.29, 0.717) is 0 Å². The minimum absolute atomic E-state index is 0.207. The highest BCUT2D eigenvalue weighted by molar-refractivity contribution is 5.78. The number of rotatable bonds is 8. The van der Waals surface area contributed by atoms with Crippen molar-refractivity contribution in [3.05, 3.63) is 48.0 Å². The topological polar surface area (TPSA) is 64.6 Å². The van der Waals surface area contributed by atoms with Crippen LogP contribution in [0.15, 0.2) is 42.5 Å². The third kappa shape index (κ3) is 11.0. The van der Waals surface area contributed by atoms with Crippen LogP contribution in [0.1, 0.15) is 46.1 Å². The molecule has 138 valence electrons. The van der Waals surface area contributed by atoms with Crippen LogP contribution in [0.3, 0.4) is 0 Å². The summed E-state index contributed by atoms with van der Waals surface area (Å²) in [4.78, 5) is 23.1. The molecule has 0 aliphatic rings. The van der Waals surface area contributed by atoms with Gasteiger partial charge in [-0.05, 0) is 58.6 Å². The van der Waals surface area contributed by atoms with Gasteiger partial charge in [-0.25, -0.2) is 4.79 Å². The van der Waals surface area contributed by atoms with Gasteiger partial charge in [0.25, 0.3) is 0 Å². The second kappa shape index (κ2) is 10.5. The van der Waals surface area contributed by atoms with Crippen molar-refractivity contribution >= 4 is 12.1 Å². The maximum Gasteiger partial charge on any atom is 0.408 e. The van der Waals surface area contributed by atoms with Crippen LogP contribution in [0, 0.1) is 0 Å². The molecule has 0 aliphatic carbocycles. The summed E-state index contributed by atoms with van der Waals surface area (Å²) in [7, 11) is 0. The minimum Gasteiger partial charge on any atom is -0.457 e. The number of unbranched alkanes of at least 4 members (excludes halogenated alkanes) is 1. The molecule has 1 aromatic rings. The molecule has 0 aromatic heterocycles. The Morgan fingerprint density at radius 2 is 1.88 bits per heavy atom. The molecule has 0 spiro atoms. The molecule has 1 aromatic carbocycles. The molecular weight excluding hydrogens is 318 g/mol. The van der Waals surface area contributed by atoms with Gasteiger partial charge in [0.2, 0.25) is 0 Å². The molecule has 0 radical (unpaired) electrons. The molecule has 25 heavy (non-hydrogen) atoms. The van der Waals surface area contributed by atoms with Gasteiger partial charge in [0.1, 0.15) is 18.2 Å². The standard InChI is InChI=1S/C20H29NO4/c1-16(11-7-5-8-12-17-13-9-6-10-14-17)24-18(22)15-21-19(23)25-20(2,3)4/h6-7,9-11,13-14,16H,5,8,12,15H2,1-4H3,(H,21,23)/b11-7+/t16-/m1/s1. The van der Waals surface area contributed by atoms with Gasteiger partial charge in [-0.15, -0.1) is 0 Å². The molecule has 1 rings (SSSR count). The number of nitrogens with one attached hydrogen (secondary N) is 1. The van der Waals surface area contributed by atoms with E-state index in [2.05, 4.69) is 17.4 Å². The number of hydrogen-bond acceptors (Lipinski definition) is 4. The van der Waals surface area contributed by atoms with Crippen LogP contribution in [-0.2, 0) is 20.7 Å². The summed E-state index contributed by atoms with van der Waals surface area (Å²) in [5.41, 5.74) is 0.729. The number of amides is 1. The number of carbonyl (C=O) groups is 2. The first-order chi connectivity index (χ1) is 11.8. The Morgan fingerprint density at radius 3 is 2.52 bits per heavy atom.